The summed E-state index contributed by atoms with van der Waals surface area (Å²) in [5.41, 5.74) is 7.76. The Morgan fingerprint density at radius 2 is 1.77 bits per heavy atom. The van der Waals surface area contributed by atoms with Gasteiger partial charge < -0.3 is 9.30 Å². The summed E-state index contributed by atoms with van der Waals surface area (Å²) in [6, 6.07) is 23.6. The Morgan fingerprint density at radius 3 is 2.55 bits per heavy atom. The van der Waals surface area contributed by atoms with Crippen LogP contribution in [-0.4, -0.2) is 23.3 Å². The van der Waals surface area contributed by atoms with Crippen LogP contribution in [0.2, 0.25) is 0 Å². The van der Waals surface area contributed by atoms with Gasteiger partial charge in [-0.05, 0) is 55.3 Å². The number of ether oxygens (including phenoxy) is 1. The first kappa shape index (κ1) is 20.4. The van der Waals surface area contributed by atoms with Crippen molar-refractivity contribution < 1.29 is 9.53 Å². The quantitative estimate of drug-likeness (QED) is 0.337. The molecule has 156 valence electrons. The number of nitrogens with one attached hydrogen (secondary N) is 1. The van der Waals surface area contributed by atoms with E-state index in [1.54, 1.807) is 30.5 Å². The summed E-state index contributed by atoms with van der Waals surface area (Å²) in [5.74, 6) is 0.479. The fourth-order valence-electron chi connectivity index (χ4n) is 3.57. The Labute approximate surface area is 182 Å². The highest BCUT2D eigenvalue weighted by atomic mass is 16.5. The van der Waals surface area contributed by atoms with Gasteiger partial charge in [-0.2, -0.15) is 5.10 Å². The largest absolute Gasteiger partial charge is 0.494 e. The molecule has 0 aliphatic heterocycles. The number of benzene rings is 3. The van der Waals surface area contributed by atoms with Crippen molar-refractivity contribution in [3.05, 3.63) is 101 Å². The maximum atomic E-state index is 12.4. The molecule has 5 nitrogen and oxygen atoms in total. The Kier molecular flexibility index (Phi) is 6.13. The number of hydrogen-bond donors (Lipinski definition) is 1. The van der Waals surface area contributed by atoms with Crippen LogP contribution in [-0.2, 0) is 6.54 Å². The average molecular weight is 412 g/mol. The number of hydrazone groups is 1. The minimum absolute atomic E-state index is 0.261. The molecular weight excluding hydrogens is 386 g/mol. The van der Waals surface area contributed by atoms with E-state index in [0.717, 1.165) is 28.8 Å². The number of hydrogen-bond acceptors (Lipinski definition) is 3. The van der Waals surface area contributed by atoms with Crippen LogP contribution in [0, 0.1) is 6.92 Å². The molecule has 0 fully saturated rings. The lowest BCUT2D eigenvalue weighted by Gasteiger charge is -2.08. The van der Waals surface area contributed by atoms with Crippen molar-refractivity contribution in [2.45, 2.75) is 20.4 Å². The monoisotopic (exact) mass is 411 g/mol. The molecule has 0 atom stereocenters. The van der Waals surface area contributed by atoms with Crippen LogP contribution in [0.25, 0.3) is 10.9 Å². The van der Waals surface area contributed by atoms with Crippen LogP contribution < -0.4 is 10.2 Å². The van der Waals surface area contributed by atoms with E-state index in [-0.39, 0.29) is 5.91 Å². The summed E-state index contributed by atoms with van der Waals surface area (Å²) < 4.78 is 7.62. The molecule has 0 saturated carbocycles. The number of para-hydroxylation sites is 1. The van der Waals surface area contributed by atoms with Crippen LogP contribution in [0.4, 0.5) is 0 Å². The predicted molar refractivity (Wildman–Crippen MR) is 125 cm³/mol. The second kappa shape index (κ2) is 9.30. The summed E-state index contributed by atoms with van der Waals surface area (Å²) in [5, 5.41) is 5.29. The maximum absolute atomic E-state index is 12.4. The maximum Gasteiger partial charge on any atom is 0.271 e. The van der Waals surface area contributed by atoms with Gasteiger partial charge in [0.15, 0.2) is 0 Å². The van der Waals surface area contributed by atoms with E-state index in [4.69, 9.17) is 4.74 Å². The third-order valence-corrected chi connectivity index (χ3v) is 5.22. The minimum Gasteiger partial charge on any atom is -0.494 e. The number of amides is 1. The third kappa shape index (κ3) is 4.67. The van der Waals surface area contributed by atoms with E-state index in [2.05, 4.69) is 64.6 Å². The van der Waals surface area contributed by atoms with Crippen molar-refractivity contribution in [3.63, 3.8) is 0 Å². The molecule has 5 heteroatoms. The molecule has 1 aromatic heterocycles. The zero-order valence-electron chi connectivity index (χ0n) is 17.7. The second-order valence-electron chi connectivity index (χ2n) is 7.31. The van der Waals surface area contributed by atoms with Crippen molar-refractivity contribution in [2.75, 3.05) is 6.61 Å². The first-order valence-electron chi connectivity index (χ1n) is 10.3. The molecule has 1 heterocycles. The third-order valence-electron chi connectivity index (χ3n) is 5.22. The number of fused-ring (bicyclic) bond motifs is 1. The van der Waals surface area contributed by atoms with E-state index in [0.29, 0.717) is 12.2 Å². The van der Waals surface area contributed by atoms with E-state index < -0.39 is 0 Å². The van der Waals surface area contributed by atoms with E-state index in [9.17, 15) is 4.79 Å². The normalized spacial score (nSPS) is 11.2. The van der Waals surface area contributed by atoms with Crippen molar-refractivity contribution >= 4 is 23.0 Å². The number of aromatic nitrogens is 1. The van der Waals surface area contributed by atoms with Gasteiger partial charge in [0.1, 0.15) is 5.75 Å². The first-order chi connectivity index (χ1) is 15.2. The van der Waals surface area contributed by atoms with Crippen molar-refractivity contribution in [2.24, 2.45) is 5.10 Å². The van der Waals surface area contributed by atoms with Gasteiger partial charge in [-0.3, -0.25) is 4.79 Å². The summed E-state index contributed by atoms with van der Waals surface area (Å²) in [7, 11) is 0. The Balaban J connectivity index is 1.52. The molecule has 0 spiro atoms. The zero-order valence-corrected chi connectivity index (χ0v) is 17.7. The van der Waals surface area contributed by atoms with Crippen molar-refractivity contribution in [3.8, 4) is 5.75 Å². The number of aryl methyl sites for hydroxylation is 1. The lowest BCUT2D eigenvalue weighted by molar-refractivity contribution is 0.0955. The van der Waals surface area contributed by atoms with Crippen molar-refractivity contribution in [1.29, 1.82) is 0 Å². The van der Waals surface area contributed by atoms with Gasteiger partial charge >= 0.3 is 0 Å². The molecule has 3 aromatic carbocycles. The van der Waals surface area contributed by atoms with Crippen LogP contribution in [0.1, 0.15) is 34.0 Å². The van der Waals surface area contributed by atoms with E-state index in [1.165, 1.54) is 11.1 Å². The molecule has 4 aromatic rings. The van der Waals surface area contributed by atoms with Crippen LogP contribution in [0.3, 0.4) is 0 Å². The van der Waals surface area contributed by atoms with Gasteiger partial charge in [-0.1, -0.05) is 42.5 Å². The van der Waals surface area contributed by atoms with Gasteiger partial charge in [0.25, 0.3) is 5.91 Å². The van der Waals surface area contributed by atoms with Crippen molar-refractivity contribution in [1.82, 2.24) is 9.99 Å². The number of carbonyl (C=O) groups excluding carboxylic acids is 1. The number of rotatable bonds is 7. The lowest BCUT2D eigenvalue weighted by Crippen LogP contribution is -2.17. The minimum atomic E-state index is -0.261. The first-order valence-corrected chi connectivity index (χ1v) is 10.3. The molecule has 0 aliphatic carbocycles. The molecule has 0 saturated heterocycles. The van der Waals surface area contributed by atoms with E-state index in [1.807, 2.05) is 19.1 Å². The Hall–Kier alpha value is -3.86. The molecule has 1 N–H and O–H groups in total. The predicted octanol–water partition coefficient (Wildman–Crippen LogP) is 5.16. The van der Waals surface area contributed by atoms with Gasteiger partial charge in [-0.25, -0.2) is 5.43 Å². The van der Waals surface area contributed by atoms with Gasteiger partial charge in [0.2, 0.25) is 0 Å². The van der Waals surface area contributed by atoms with Gasteiger partial charge in [0, 0.05) is 34.8 Å². The lowest BCUT2D eigenvalue weighted by atomic mass is 10.1. The number of nitrogens with zero attached hydrogens (tertiary/aromatic N) is 2. The van der Waals surface area contributed by atoms with Gasteiger partial charge in [-0.15, -0.1) is 0 Å². The highest BCUT2D eigenvalue weighted by Gasteiger charge is 2.09. The van der Waals surface area contributed by atoms with Crippen LogP contribution in [0.15, 0.2) is 84.1 Å². The highest BCUT2D eigenvalue weighted by Crippen LogP contribution is 2.22. The molecule has 0 unspecified atom stereocenters. The molecule has 0 aliphatic rings. The Morgan fingerprint density at radius 1 is 1.03 bits per heavy atom. The molecular formula is C26H25N3O2. The summed E-state index contributed by atoms with van der Waals surface area (Å²) in [6.45, 7) is 5.42. The standard InChI is InChI=1S/C26H25N3O2/c1-3-31-23-14-12-20(13-15-23)26(30)28-27-16-22-18-29(25-11-7-6-10-24(22)25)17-21-9-5-4-8-19(21)2/h4-16,18H,3,17H2,1-2H3,(H,28,30)/b27-16+. The van der Waals surface area contributed by atoms with E-state index >= 15 is 0 Å². The van der Waals surface area contributed by atoms with Gasteiger partial charge in [0.05, 0.1) is 12.8 Å². The van der Waals surface area contributed by atoms with Crippen LogP contribution >= 0.6 is 0 Å². The average Bonchev–Trinajstić information content (AvgIpc) is 3.13. The topological polar surface area (TPSA) is 55.6 Å². The summed E-state index contributed by atoms with van der Waals surface area (Å²) in [4.78, 5) is 12.4. The molecule has 0 bridgehead atoms. The number of carbonyl (C=O) groups is 1. The SMILES string of the molecule is CCOc1ccc(C(=O)N/N=C/c2cn(Cc3ccccc3C)c3ccccc23)cc1. The fourth-order valence-corrected chi connectivity index (χ4v) is 3.57. The summed E-state index contributed by atoms with van der Waals surface area (Å²) >= 11 is 0. The highest BCUT2D eigenvalue weighted by molar-refractivity contribution is 6.00. The molecule has 31 heavy (non-hydrogen) atoms. The fraction of sp³-hybridized carbons (Fsp3) is 0.154. The van der Waals surface area contributed by atoms with Crippen LogP contribution in [0.5, 0.6) is 5.75 Å². The molecule has 1 amide bonds. The molecule has 0 radical (unpaired) electrons. The second-order valence-corrected chi connectivity index (χ2v) is 7.31. The molecule has 4 rings (SSSR count). The zero-order chi connectivity index (χ0) is 21.6. The smallest absolute Gasteiger partial charge is 0.271 e. The Bertz CT molecular complexity index is 1220. The summed E-state index contributed by atoms with van der Waals surface area (Å²) in [6.07, 6.45) is 3.77.